The van der Waals surface area contributed by atoms with Gasteiger partial charge in [0.05, 0.1) is 5.56 Å². The number of carboxylic acid groups (broad SMARTS) is 1. The average molecular weight is 263 g/mol. The van der Waals surface area contributed by atoms with Crippen molar-refractivity contribution in [3.8, 4) is 0 Å². The van der Waals surface area contributed by atoms with Gasteiger partial charge in [0, 0.05) is 12.3 Å². The second kappa shape index (κ2) is 5.40. The minimum atomic E-state index is -0.995. The smallest absolute Gasteiger partial charge is 0.336 e. The molecule has 0 bridgehead atoms. The van der Waals surface area contributed by atoms with E-state index in [1.807, 2.05) is 6.92 Å². The third-order valence-electron chi connectivity index (χ3n) is 3.28. The van der Waals surface area contributed by atoms with Crippen LogP contribution in [-0.4, -0.2) is 29.7 Å². The predicted molar refractivity (Wildman–Crippen MR) is 70.5 cm³/mol. The normalized spacial score (nSPS) is 18.3. The van der Waals surface area contributed by atoms with Crippen molar-refractivity contribution >= 4 is 17.6 Å². The standard InChI is InChI=1S/C14H17NO4/c1-8-6-9(2)11(7-10(8)14(17)18)15-13(16)12-4-3-5-19-12/h6-7,12H,3-5H2,1-2H3,(H,15,16)(H,17,18). The molecule has 0 saturated carbocycles. The summed E-state index contributed by atoms with van der Waals surface area (Å²) < 4.78 is 5.30. The molecule has 1 aromatic carbocycles. The fourth-order valence-electron chi connectivity index (χ4n) is 2.22. The number of hydrogen-bond donors (Lipinski definition) is 2. The van der Waals surface area contributed by atoms with E-state index < -0.39 is 12.1 Å². The highest BCUT2D eigenvalue weighted by molar-refractivity contribution is 5.97. The lowest BCUT2D eigenvalue weighted by molar-refractivity contribution is -0.124. The molecule has 2 N–H and O–H groups in total. The summed E-state index contributed by atoms with van der Waals surface area (Å²) in [5, 5.41) is 11.8. The van der Waals surface area contributed by atoms with Crippen LogP contribution in [0.15, 0.2) is 12.1 Å². The minimum absolute atomic E-state index is 0.202. The largest absolute Gasteiger partial charge is 0.478 e. The third-order valence-corrected chi connectivity index (χ3v) is 3.28. The van der Waals surface area contributed by atoms with Crippen molar-refractivity contribution < 1.29 is 19.4 Å². The van der Waals surface area contributed by atoms with E-state index in [-0.39, 0.29) is 11.5 Å². The van der Waals surface area contributed by atoms with Crippen LogP contribution in [0.3, 0.4) is 0 Å². The van der Waals surface area contributed by atoms with Gasteiger partial charge in [0.2, 0.25) is 0 Å². The van der Waals surface area contributed by atoms with Crippen LogP contribution in [0.25, 0.3) is 0 Å². The first kappa shape index (κ1) is 13.5. The number of nitrogens with one attached hydrogen (secondary N) is 1. The zero-order chi connectivity index (χ0) is 14.0. The molecule has 2 rings (SSSR count). The zero-order valence-electron chi connectivity index (χ0n) is 11.0. The van der Waals surface area contributed by atoms with Crippen molar-refractivity contribution in [3.05, 3.63) is 28.8 Å². The van der Waals surface area contributed by atoms with Crippen LogP contribution in [-0.2, 0) is 9.53 Å². The first-order chi connectivity index (χ1) is 8.99. The van der Waals surface area contributed by atoms with Crippen LogP contribution in [0.4, 0.5) is 5.69 Å². The number of aromatic carboxylic acids is 1. The van der Waals surface area contributed by atoms with Gasteiger partial charge >= 0.3 is 5.97 Å². The zero-order valence-corrected chi connectivity index (χ0v) is 11.0. The molecule has 0 spiro atoms. The molecule has 1 fully saturated rings. The van der Waals surface area contributed by atoms with E-state index in [1.165, 1.54) is 6.07 Å². The second-order valence-electron chi connectivity index (χ2n) is 4.78. The SMILES string of the molecule is Cc1cc(C)c(C(=O)O)cc1NC(=O)C1CCCO1. The number of rotatable bonds is 3. The first-order valence-corrected chi connectivity index (χ1v) is 6.26. The van der Waals surface area contributed by atoms with Crippen LogP contribution < -0.4 is 5.32 Å². The molecule has 19 heavy (non-hydrogen) atoms. The number of anilines is 1. The van der Waals surface area contributed by atoms with Gasteiger partial charge in [-0.15, -0.1) is 0 Å². The molecule has 0 radical (unpaired) electrons. The van der Waals surface area contributed by atoms with E-state index in [2.05, 4.69) is 5.32 Å². The summed E-state index contributed by atoms with van der Waals surface area (Å²) in [6.07, 6.45) is 1.17. The van der Waals surface area contributed by atoms with E-state index in [9.17, 15) is 9.59 Å². The number of ether oxygens (including phenoxy) is 1. The number of carbonyl (C=O) groups excluding carboxylic acids is 1. The van der Waals surface area contributed by atoms with Crippen molar-refractivity contribution in [1.82, 2.24) is 0 Å². The number of aryl methyl sites for hydroxylation is 2. The molecule has 102 valence electrons. The van der Waals surface area contributed by atoms with Gasteiger partial charge < -0.3 is 15.2 Å². The van der Waals surface area contributed by atoms with Crippen molar-refractivity contribution in [1.29, 1.82) is 0 Å². The summed E-state index contributed by atoms with van der Waals surface area (Å²) in [4.78, 5) is 23.0. The molecule has 1 amide bonds. The quantitative estimate of drug-likeness (QED) is 0.875. The van der Waals surface area contributed by atoms with Gasteiger partial charge in [0.1, 0.15) is 6.10 Å². The second-order valence-corrected chi connectivity index (χ2v) is 4.78. The van der Waals surface area contributed by atoms with E-state index >= 15 is 0 Å². The fraction of sp³-hybridized carbons (Fsp3) is 0.429. The van der Waals surface area contributed by atoms with Crippen LogP contribution >= 0.6 is 0 Å². The van der Waals surface area contributed by atoms with Crippen LogP contribution in [0.1, 0.15) is 34.3 Å². The molecule has 1 aliphatic rings. The molecule has 1 atom stereocenters. The Morgan fingerprint density at radius 2 is 2.05 bits per heavy atom. The molecule has 1 unspecified atom stereocenters. The Kier molecular flexibility index (Phi) is 3.85. The number of amides is 1. The molecule has 1 aliphatic heterocycles. The molecule has 5 nitrogen and oxygen atoms in total. The maximum absolute atomic E-state index is 11.9. The molecule has 0 aliphatic carbocycles. The minimum Gasteiger partial charge on any atom is -0.478 e. The van der Waals surface area contributed by atoms with Gasteiger partial charge in [-0.2, -0.15) is 0 Å². The molecule has 5 heteroatoms. The predicted octanol–water partition coefficient (Wildman–Crippen LogP) is 2.12. The number of benzene rings is 1. The summed E-state index contributed by atoms with van der Waals surface area (Å²) in [7, 11) is 0. The number of hydrogen-bond acceptors (Lipinski definition) is 3. The molecule has 0 aromatic heterocycles. The maximum atomic E-state index is 11.9. The Morgan fingerprint density at radius 3 is 2.63 bits per heavy atom. The lowest BCUT2D eigenvalue weighted by atomic mass is 10.0. The van der Waals surface area contributed by atoms with Crippen molar-refractivity contribution in [2.24, 2.45) is 0 Å². The first-order valence-electron chi connectivity index (χ1n) is 6.26. The van der Waals surface area contributed by atoms with Crippen LogP contribution in [0, 0.1) is 13.8 Å². The van der Waals surface area contributed by atoms with E-state index in [1.54, 1.807) is 13.0 Å². The Labute approximate surface area is 111 Å². The van der Waals surface area contributed by atoms with E-state index in [4.69, 9.17) is 9.84 Å². The highest BCUT2D eigenvalue weighted by Crippen LogP contribution is 2.22. The van der Waals surface area contributed by atoms with Crippen LogP contribution in [0.2, 0.25) is 0 Å². The Hall–Kier alpha value is -1.88. The summed E-state index contributed by atoms with van der Waals surface area (Å²) >= 11 is 0. The summed E-state index contributed by atoms with van der Waals surface area (Å²) in [5.41, 5.74) is 2.26. The fourth-order valence-corrected chi connectivity index (χ4v) is 2.22. The summed E-state index contributed by atoms with van der Waals surface area (Å²) in [6, 6.07) is 3.26. The van der Waals surface area contributed by atoms with Crippen molar-refractivity contribution in [2.45, 2.75) is 32.8 Å². The molecular formula is C14H17NO4. The van der Waals surface area contributed by atoms with Crippen LogP contribution in [0.5, 0.6) is 0 Å². The summed E-state index contributed by atoms with van der Waals surface area (Å²) in [5.74, 6) is -1.20. The molecule has 1 aromatic rings. The van der Waals surface area contributed by atoms with Gasteiger partial charge in [-0.25, -0.2) is 4.79 Å². The summed E-state index contributed by atoms with van der Waals surface area (Å²) in [6.45, 7) is 4.18. The van der Waals surface area contributed by atoms with Gasteiger partial charge in [0.25, 0.3) is 5.91 Å². The Morgan fingerprint density at radius 1 is 1.32 bits per heavy atom. The van der Waals surface area contributed by atoms with E-state index in [0.29, 0.717) is 24.3 Å². The lowest BCUT2D eigenvalue weighted by Crippen LogP contribution is -2.27. The van der Waals surface area contributed by atoms with E-state index in [0.717, 1.165) is 12.0 Å². The molecule has 1 saturated heterocycles. The number of carboxylic acids is 1. The van der Waals surface area contributed by atoms with Crippen molar-refractivity contribution in [3.63, 3.8) is 0 Å². The molecular weight excluding hydrogens is 246 g/mol. The molecule has 1 heterocycles. The van der Waals surface area contributed by atoms with Gasteiger partial charge in [-0.05, 0) is 43.9 Å². The average Bonchev–Trinajstić information content (AvgIpc) is 2.85. The monoisotopic (exact) mass is 263 g/mol. The van der Waals surface area contributed by atoms with Crippen molar-refractivity contribution in [2.75, 3.05) is 11.9 Å². The van der Waals surface area contributed by atoms with Gasteiger partial charge in [-0.3, -0.25) is 4.79 Å². The topological polar surface area (TPSA) is 75.6 Å². The maximum Gasteiger partial charge on any atom is 0.336 e. The lowest BCUT2D eigenvalue weighted by Gasteiger charge is -2.14. The number of carbonyl (C=O) groups is 2. The highest BCUT2D eigenvalue weighted by atomic mass is 16.5. The third kappa shape index (κ3) is 2.93. The highest BCUT2D eigenvalue weighted by Gasteiger charge is 2.24. The Balaban J connectivity index is 2.21. The Bertz CT molecular complexity index is 518. The van der Waals surface area contributed by atoms with Gasteiger partial charge in [0.15, 0.2) is 0 Å². The van der Waals surface area contributed by atoms with Gasteiger partial charge in [-0.1, -0.05) is 6.07 Å².